The number of hydrogen-bond donors (Lipinski definition) is 1. The van der Waals surface area contributed by atoms with Crippen molar-refractivity contribution in [1.29, 1.82) is 0 Å². The maximum atomic E-state index is 13.9. The van der Waals surface area contributed by atoms with Crippen LogP contribution in [0.2, 0.25) is 0 Å². The molecule has 0 spiro atoms. The van der Waals surface area contributed by atoms with Gasteiger partial charge < -0.3 is 24.0 Å². The molecule has 0 bridgehead atoms. The number of carboxylic acid groups (broad SMARTS) is 1. The number of carboxylic acids is 1. The molecule has 2 aliphatic heterocycles. The maximum absolute atomic E-state index is 13.9. The van der Waals surface area contributed by atoms with Crippen LogP contribution >= 0.6 is 0 Å². The summed E-state index contributed by atoms with van der Waals surface area (Å²) in [4.78, 5) is 31.2. The summed E-state index contributed by atoms with van der Waals surface area (Å²) < 4.78 is 12.3. The molecule has 1 N–H and O–H groups in total. The van der Waals surface area contributed by atoms with Gasteiger partial charge in [-0.1, -0.05) is 38.5 Å². The lowest BCUT2D eigenvalue weighted by molar-refractivity contribution is -0.870. The van der Waals surface area contributed by atoms with Crippen molar-refractivity contribution < 1.29 is 28.7 Å². The number of aliphatic carboxylic acids is 1. The molecule has 0 saturated carbocycles. The Morgan fingerprint density at radius 3 is 2.64 bits per heavy atom. The minimum absolute atomic E-state index is 0.115. The molecule has 8 nitrogen and oxygen atoms in total. The molecule has 1 aromatic rings. The SMILES string of the molecule is CCCCN(CCCC[N+](C)(C)C)C(=O)CN1C[C@H](c2ccc3c(c2)CCO3)[C@@H](C(=O)O)[C@@H]1CCC1=CC(C)CC=C1OC. The molecule has 244 valence electrons. The number of methoxy groups -OCH3 is 1. The Kier molecular flexibility index (Phi) is 11.9. The quantitative estimate of drug-likeness (QED) is 0.197. The lowest BCUT2D eigenvalue weighted by Gasteiger charge is -2.30. The maximum Gasteiger partial charge on any atom is 0.308 e. The molecular formula is C36H56N3O5+. The lowest BCUT2D eigenvalue weighted by atomic mass is 9.82. The fourth-order valence-electron chi connectivity index (χ4n) is 7.14. The molecule has 1 fully saturated rings. The summed E-state index contributed by atoms with van der Waals surface area (Å²) in [5.41, 5.74) is 3.32. The summed E-state index contributed by atoms with van der Waals surface area (Å²) in [6.07, 6.45) is 11.6. The van der Waals surface area contributed by atoms with Crippen LogP contribution in [0.1, 0.15) is 75.8 Å². The molecule has 4 rings (SSSR count). The predicted octanol–water partition coefficient (Wildman–Crippen LogP) is 5.48. The number of rotatable bonds is 16. The van der Waals surface area contributed by atoms with Crippen LogP contribution in [0, 0.1) is 11.8 Å². The van der Waals surface area contributed by atoms with Gasteiger partial charge in [-0.2, -0.15) is 0 Å². The number of carbonyl (C=O) groups excluding carboxylic acids is 1. The van der Waals surface area contributed by atoms with E-state index in [1.165, 1.54) is 0 Å². The lowest BCUT2D eigenvalue weighted by Crippen LogP contribution is -2.45. The Hall–Kier alpha value is -2.84. The van der Waals surface area contributed by atoms with Crippen LogP contribution in [0.4, 0.5) is 0 Å². The van der Waals surface area contributed by atoms with Gasteiger partial charge in [0.15, 0.2) is 0 Å². The summed E-state index contributed by atoms with van der Waals surface area (Å²) in [5, 5.41) is 10.7. The zero-order chi connectivity index (χ0) is 31.9. The van der Waals surface area contributed by atoms with Gasteiger partial charge in [0.1, 0.15) is 11.5 Å². The number of benzene rings is 1. The van der Waals surface area contributed by atoms with Crippen LogP contribution in [0.5, 0.6) is 5.75 Å². The van der Waals surface area contributed by atoms with Crippen LogP contribution in [0.3, 0.4) is 0 Å². The topological polar surface area (TPSA) is 79.3 Å². The number of allylic oxidation sites excluding steroid dienone is 3. The first-order chi connectivity index (χ1) is 21.0. The van der Waals surface area contributed by atoms with Crippen LogP contribution in [-0.2, 0) is 20.7 Å². The van der Waals surface area contributed by atoms with Gasteiger partial charge in [-0.3, -0.25) is 14.5 Å². The molecule has 44 heavy (non-hydrogen) atoms. The van der Waals surface area contributed by atoms with Crippen molar-refractivity contribution in [3.63, 3.8) is 0 Å². The third-order valence-electron chi connectivity index (χ3n) is 9.56. The van der Waals surface area contributed by atoms with Crippen molar-refractivity contribution in [2.75, 3.05) is 67.6 Å². The molecule has 1 amide bonds. The van der Waals surface area contributed by atoms with Crippen LogP contribution in [0.15, 0.2) is 41.7 Å². The minimum Gasteiger partial charge on any atom is -0.497 e. The molecule has 1 aliphatic carbocycles. The number of fused-ring (bicyclic) bond motifs is 1. The Balaban J connectivity index is 1.56. The Bertz CT molecular complexity index is 1200. The summed E-state index contributed by atoms with van der Waals surface area (Å²) in [6.45, 7) is 8.40. The average molecular weight is 611 g/mol. The zero-order valence-electron chi connectivity index (χ0n) is 28.0. The molecule has 8 heteroatoms. The highest BCUT2D eigenvalue weighted by Crippen LogP contribution is 2.42. The van der Waals surface area contributed by atoms with Gasteiger partial charge in [-0.15, -0.1) is 0 Å². The summed E-state index contributed by atoms with van der Waals surface area (Å²) in [6, 6.07) is 5.91. The number of carbonyl (C=O) groups is 2. The van der Waals surface area contributed by atoms with Gasteiger partial charge in [0.25, 0.3) is 0 Å². The molecule has 1 unspecified atom stereocenters. The molecule has 4 atom stereocenters. The third kappa shape index (κ3) is 8.87. The van der Waals surface area contributed by atoms with Crippen molar-refractivity contribution in [2.24, 2.45) is 11.8 Å². The fraction of sp³-hybridized carbons (Fsp3) is 0.667. The van der Waals surface area contributed by atoms with E-state index in [4.69, 9.17) is 9.47 Å². The van der Waals surface area contributed by atoms with E-state index in [9.17, 15) is 14.7 Å². The van der Waals surface area contributed by atoms with E-state index in [1.54, 1.807) is 7.11 Å². The first-order valence-corrected chi connectivity index (χ1v) is 16.8. The van der Waals surface area contributed by atoms with Gasteiger partial charge in [0.05, 0.1) is 53.9 Å². The van der Waals surface area contributed by atoms with E-state index in [2.05, 4.69) is 58.1 Å². The molecular weight excluding hydrogens is 554 g/mol. The van der Waals surface area contributed by atoms with E-state index >= 15 is 0 Å². The number of quaternary nitrogens is 1. The van der Waals surface area contributed by atoms with Crippen molar-refractivity contribution >= 4 is 11.9 Å². The second-order valence-electron chi connectivity index (χ2n) is 14.1. The number of unbranched alkanes of at least 4 members (excludes halogenated alkanes) is 2. The van der Waals surface area contributed by atoms with E-state index in [-0.39, 0.29) is 24.4 Å². The summed E-state index contributed by atoms with van der Waals surface area (Å²) in [7, 11) is 8.31. The Morgan fingerprint density at radius 1 is 1.16 bits per heavy atom. The monoisotopic (exact) mass is 610 g/mol. The van der Waals surface area contributed by atoms with Crippen molar-refractivity contribution in [2.45, 2.75) is 77.2 Å². The number of amides is 1. The molecule has 1 aromatic carbocycles. The normalized spacial score (nSPS) is 23.5. The van der Waals surface area contributed by atoms with E-state index in [0.717, 1.165) is 97.3 Å². The van der Waals surface area contributed by atoms with Crippen molar-refractivity contribution in [1.82, 2.24) is 9.80 Å². The standard InChI is InChI=1S/C36H55N3O5/c1-7-8-18-37(19-9-10-20-39(3,4)5)34(40)25-38-24-30(27-13-16-33-29(23-27)17-21-44-33)35(36(41)42)31(38)14-12-28-22-26(2)11-15-32(28)43-6/h13,15-16,22-23,26,30-31,35H,7-12,14,17-21,24-25H2,1-6H3/p+1/t26?,30-,31+,35-/m1/s1. The molecule has 0 radical (unpaired) electrons. The fourth-order valence-corrected chi connectivity index (χ4v) is 7.14. The summed E-state index contributed by atoms with van der Waals surface area (Å²) in [5.74, 6) is 0.745. The van der Waals surface area contributed by atoms with Gasteiger partial charge in [0.2, 0.25) is 5.91 Å². The van der Waals surface area contributed by atoms with E-state index in [0.29, 0.717) is 25.5 Å². The van der Waals surface area contributed by atoms with Crippen molar-refractivity contribution in [3.05, 3.63) is 52.8 Å². The second-order valence-corrected chi connectivity index (χ2v) is 14.1. The Morgan fingerprint density at radius 2 is 1.93 bits per heavy atom. The highest BCUT2D eigenvalue weighted by molar-refractivity contribution is 5.79. The van der Waals surface area contributed by atoms with E-state index in [1.807, 2.05) is 17.0 Å². The zero-order valence-corrected chi connectivity index (χ0v) is 28.0. The van der Waals surface area contributed by atoms with E-state index < -0.39 is 11.9 Å². The molecule has 1 saturated heterocycles. The van der Waals surface area contributed by atoms with Gasteiger partial charge in [-0.25, -0.2) is 0 Å². The average Bonchev–Trinajstić information content (AvgIpc) is 3.59. The molecule has 3 aliphatic rings. The number of nitrogens with zero attached hydrogens (tertiary/aromatic N) is 3. The van der Waals surface area contributed by atoms with Crippen LogP contribution in [0.25, 0.3) is 0 Å². The van der Waals surface area contributed by atoms with Gasteiger partial charge in [-0.05, 0) is 73.3 Å². The smallest absolute Gasteiger partial charge is 0.308 e. The highest BCUT2D eigenvalue weighted by atomic mass is 16.5. The summed E-state index contributed by atoms with van der Waals surface area (Å²) >= 11 is 0. The first-order valence-electron chi connectivity index (χ1n) is 16.8. The number of ether oxygens (including phenoxy) is 2. The number of hydrogen-bond acceptors (Lipinski definition) is 5. The van der Waals surface area contributed by atoms with Crippen molar-refractivity contribution in [3.8, 4) is 5.75 Å². The van der Waals surface area contributed by atoms with Gasteiger partial charge >= 0.3 is 5.97 Å². The third-order valence-corrected chi connectivity index (χ3v) is 9.56. The van der Waals surface area contributed by atoms with Crippen LogP contribution in [-0.4, -0.2) is 105 Å². The number of likely N-dealkylation sites (tertiary alicyclic amines) is 1. The molecule has 2 heterocycles. The second kappa shape index (κ2) is 15.4. The van der Waals surface area contributed by atoms with Crippen LogP contribution < -0.4 is 4.74 Å². The van der Waals surface area contributed by atoms with Gasteiger partial charge in [0, 0.05) is 38.0 Å². The highest BCUT2D eigenvalue weighted by Gasteiger charge is 2.47. The first kappa shape index (κ1) is 34.0. The predicted molar refractivity (Wildman–Crippen MR) is 175 cm³/mol. The minimum atomic E-state index is -0.789. The largest absolute Gasteiger partial charge is 0.497 e. The Labute approximate surface area is 265 Å². The molecule has 0 aromatic heterocycles.